The highest BCUT2D eigenvalue weighted by molar-refractivity contribution is 7.86. The van der Waals surface area contributed by atoms with Crippen LogP contribution >= 0.6 is 0 Å². The summed E-state index contributed by atoms with van der Waals surface area (Å²) in [6, 6.07) is 2.68. The quantitative estimate of drug-likeness (QED) is 0.286. The predicted molar refractivity (Wildman–Crippen MR) is 92.4 cm³/mol. The van der Waals surface area contributed by atoms with E-state index in [1.54, 1.807) is 0 Å². The molecule has 1 aliphatic rings. The number of amides is 2. The van der Waals surface area contributed by atoms with E-state index in [9.17, 15) is 35.5 Å². The van der Waals surface area contributed by atoms with Crippen molar-refractivity contribution >= 4 is 48.5 Å². The Morgan fingerprint density at radius 1 is 0.889 bits per heavy atom. The zero-order valence-corrected chi connectivity index (χ0v) is 15.0. The second-order valence-corrected chi connectivity index (χ2v) is 8.48. The van der Waals surface area contributed by atoms with E-state index in [4.69, 9.17) is 11.5 Å². The zero-order chi connectivity index (χ0) is 20.3. The monoisotopic (exact) mass is 415 g/mol. The first-order valence-electron chi connectivity index (χ1n) is 7.30. The Morgan fingerprint density at radius 2 is 1.44 bits per heavy atom. The molecule has 1 aliphatic heterocycles. The maximum atomic E-state index is 12.7. The summed E-state index contributed by atoms with van der Waals surface area (Å²) in [5.41, 5.74) is 9.90. The molecule has 0 aliphatic carbocycles. The summed E-state index contributed by atoms with van der Waals surface area (Å²) in [6.45, 7) is -0.247. The first kappa shape index (κ1) is 19.2. The van der Waals surface area contributed by atoms with E-state index in [1.165, 1.54) is 0 Å². The number of hydrogen-bond donors (Lipinski definition) is 4. The minimum Gasteiger partial charge on any atom is -0.397 e. The molecule has 0 radical (unpaired) electrons. The average molecular weight is 415 g/mol. The van der Waals surface area contributed by atoms with Crippen LogP contribution in [0.4, 0.5) is 5.69 Å². The average Bonchev–Trinajstić information content (AvgIpc) is 2.55. The van der Waals surface area contributed by atoms with Gasteiger partial charge in [-0.25, -0.2) is 0 Å². The van der Waals surface area contributed by atoms with Gasteiger partial charge in [0.1, 0.15) is 9.79 Å². The van der Waals surface area contributed by atoms with Crippen molar-refractivity contribution in [3.8, 4) is 0 Å². The first-order valence-corrected chi connectivity index (χ1v) is 10.2. The molecule has 0 spiro atoms. The molecular formula is C14H13N3O8S2. The minimum absolute atomic E-state index is 0.0703. The molecule has 2 aromatic carbocycles. The van der Waals surface area contributed by atoms with Crippen molar-refractivity contribution < 1.29 is 35.5 Å². The normalized spacial score (nSPS) is 14.9. The van der Waals surface area contributed by atoms with E-state index in [2.05, 4.69) is 0 Å². The number of nitrogens with two attached hydrogens (primary N) is 2. The summed E-state index contributed by atoms with van der Waals surface area (Å²) >= 11 is 0. The maximum Gasteiger partial charge on any atom is 0.296 e. The van der Waals surface area contributed by atoms with Crippen molar-refractivity contribution in [2.45, 2.75) is 9.79 Å². The zero-order valence-electron chi connectivity index (χ0n) is 13.4. The highest BCUT2D eigenvalue weighted by Crippen LogP contribution is 2.40. The molecule has 27 heavy (non-hydrogen) atoms. The molecule has 0 unspecified atom stereocenters. The van der Waals surface area contributed by atoms with Crippen LogP contribution < -0.4 is 11.5 Å². The topological polar surface area (TPSA) is 198 Å². The van der Waals surface area contributed by atoms with Crippen molar-refractivity contribution in [2.24, 2.45) is 5.73 Å². The van der Waals surface area contributed by atoms with Crippen molar-refractivity contribution in [3.05, 3.63) is 29.3 Å². The van der Waals surface area contributed by atoms with Gasteiger partial charge >= 0.3 is 0 Å². The molecule has 0 saturated carbocycles. The molecule has 11 nitrogen and oxygen atoms in total. The highest BCUT2D eigenvalue weighted by atomic mass is 32.2. The molecule has 13 heteroatoms. The van der Waals surface area contributed by atoms with Crippen LogP contribution in [0.1, 0.15) is 20.7 Å². The van der Waals surface area contributed by atoms with Crippen LogP contribution in [0, 0.1) is 0 Å². The van der Waals surface area contributed by atoms with Crippen molar-refractivity contribution in [1.82, 2.24) is 4.90 Å². The van der Waals surface area contributed by atoms with Gasteiger partial charge in [0, 0.05) is 29.4 Å². The lowest BCUT2D eigenvalue weighted by molar-refractivity contribution is 0.0615. The number of nitrogens with zero attached hydrogens (tertiary/aromatic N) is 1. The number of benzene rings is 2. The van der Waals surface area contributed by atoms with Crippen LogP contribution in [0.15, 0.2) is 28.0 Å². The van der Waals surface area contributed by atoms with Gasteiger partial charge in [0.15, 0.2) is 0 Å². The van der Waals surface area contributed by atoms with Gasteiger partial charge in [-0.3, -0.25) is 23.6 Å². The van der Waals surface area contributed by atoms with Crippen molar-refractivity contribution in [1.29, 1.82) is 0 Å². The Morgan fingerprint density at radius 3 is 1.96 bits per heavy atom. The van der Waals surface area contributed by atoms with E-state index in [1.807, 2.05) is 0 Å². The summed E-state index contributed by atoms with van der Waals surface area (Å²) in [5, 5.41) is -0.785. The van der Waals surface area contributed by atoms with Gasteiger partial charge in [-0.15, -0.1) is 0 Å². The fourth-order valence-electron chi connectivity index (χ4n) is 3.03. The second kappa shape index (κ2) is 5.97. The van der Waals surface area contributed by atoms with Crippen LogP contribution in [0.2, 0.25) is 0 Å². The molecule has 0 saturated heterocycles. The van der Waals surface area contributed by atoms with Crippen molar-refractivity contribution in [2.75, 3.05) is 18.8 Å². The van der Waals surface area contributed by atoms with Crippen LogP contribution in [-0.2, 0) is 20.2 Å². The molecule has 2 amide bonds. The number of carbonyl (C=O) groups excluding carboxylic acids is 2. The first-order chi connectivity index (χ1) is 12.4. The Bertz CT molecular complexity index is 1230. The van der Waals surface area contributed by atoms with Crippen molar-refractivity contribution in [3.63, 3.8) is 0 Å². The molecule has 2 aromatic rings. The summed E-state index contributed by atoms with van der Waals surface area (Å²) in [5.74, 6) is -1.73. The van der Waals surface area contributed by atoms with E-state index < -0.39 is 52.9 Å². The van der Waals surface area contributed by atoms with E-state index in [0.29, 0.717) is 0 Å². The van der Waals surface area contributed by atoms with Gasteiger partial charge in [0.2, 0.25) is 0 Å². The standard InChI is InChI=1S/C14H13N3O8S2/c15-3-4-17-13(18)6-1-2-8(26(20,21)22)11-10(6)7(14(17)19)5-9(12(11)16)27(23,24)25/h1-2,5H,3-4,15-16H2,(H,20,21,22)(H,23,24,25). The third-order valence-corrected chi connectivity index (χ3v) is 5.90. The summed E-state index contributed by atoms with van der Waals surface area (Å²) in [7, 11) is -9.86. The van der Waals surface area contributed by atoms with Gasteiger partial charge < -0.3 is 11.5 Å². The summed E-state index contributed by atoms with van der Waals surface area (Å²) in [6.07, 6.45) is 0. The van der Waals surface area contributed by atoms with E-state index in [0.717, 1.165) is 23.1 Å². The van der Waals surface area contributed by atoms with Crippen LogP contribution in [0.5, 0.6) is 0 Å². The molecule has 0 fully saturated rings. The Labute approximate surface area is 153 Å². The van der Waals surface area contributed by atoms with E-state index >= 15 is 0 Å². The van der Waals surface area contributed by atoms with Gasteiger partial charge in [-0.1, -0.05) is 0 Å². The van der Waals surface area contributed by atoms with Gasteiger partial charge in [-0.2, -0.15) is 16.8 Å². The number of imide groups is 1. The number of hydrogen-bond acceptors (Lipinski definition) is 8. The minimum atomic E-state index is -4.96. The summed E-state index contributed by atoms with van der Waals surface area (Å²) < 4.78 is 65.6. The molecule has 0 bridgehead atoms. The number of anilines is 1. The smallest absolute Gasteiger partial charge is 0.296 e. The van der Waals surface area contributed by atoms with Crippen LogP contribution in [0.25, 0.3) is 10.8 Å². The molecule has 0 aromatic heterocycles. The lowest BCUT2D eigenvalue weighted by atomic mass is 9.93. The third kappa shape index (κ3) is 2.85. The number of rotatable bonds is 4. The highest BCUT2D eigenvalue weighted by Gasteiger charge is 2.37. The van der Waals surface area contributed by atoms with E-state index in [-0.39, 0.29) is 29.6 Å². The predicted octanol–water partition coefficient (Wildman–Crippen LogP) is -0.530. The largest absolute Gasteiger partial charge is 0.397 e. The molecule has 0 atom stereocenters. The third-order valence-electron chi connectivity index (χ3n) is 4.11. The van der Waals surface area contributed by atoms with Gasteiger partial charge in [0.05, 0.1) is 11.3 Å². The lowest BCUT2D eigenvalue weighted by Crippen LogP contribution is -2.43. The van der Waals surface area contributed by atoms with Gasteiger partial charge in [-0.05, 0) is 18.2 Å². The maximum absolute atomic E-state index is 12.7. The molecule has 144 valence electrons. The van der Waals surface area contributed by atoms with Gasteiger partial charge in [0.25, 0.3) is 32.1 Å². The number of nitrogen functional groups attached to an aromatic ring is 1. The fourth-order valence-corrected chi connectivity index (χ4v) is 4.38. The molecule has 6 N–H and O–H groups in total. The second-order valence-electron chi connectivity index (χ2n) is 5.70. The Kier molecular flexibility index (Phi) is 4.24. The fraction of sp³-hybridized carbons (Fsp3) is 0.143. The summed E-state index contributed by atoms with van der Waals surface area (Å²) in [4.78, 5) is 24.3. The lowest BCUT2D eigenvalue weighted by Gasteiger charge is -2.28. The molecule has 3 rings (SSSR count). The van der Waals surface area contributed by atoms with Crippen LogP contribution in [0.3, 0.4) is 0 Å². The van der Waals surface area contributed by atoms with Crippen LogP contribution in [-0.4, -0.2) is 55.7 Å². The molecular weight excluding hydrogens is 402 g/mol. The SMILES string of the molecule is NCCN1C(=O)c2ccc(S(=O)(=O)O)c3c(N)c(S(=O)(=O)O)cc(c23)C1=O. The Hall–Kier alpha value is -2.58. The molecule has 1 heterocycles. The number of carbonyl (C=O) groups is 2. The Balaban J connectivity index is 2.60.